The van der Waals surface area contributed by atoms with Gasteiger partial charge in [-0.05, 0) is 50.3 Å². The zero-order valence-electron chi connectivity index (χ0n) is 12.7. The van der Waals surface area contributed by atoms with Gasteiger partial charge in [0.15, 0.2) is 0 Å². The number of piperidine rings is 1. The van der Waals surface area contributed by atoms with Crippen LogP contribution in [0, 0.1) is 5.92 Å². The molecule has 1 saturated carbocycles. The van der Waals surface area contributed by atoms with Crippen molar-refractivity contribution < 1.29 is 4.79 Å². The van der Waals surface area contributed by atoms with E-state index >= 15 is 0 Å². The topological polar surface area (TPSA) is 45.2 Å². The average Bonchev–Trinajstić information content (AvgIpc) is 3.41. The number of benzene rings is 1. The zero-order valence-corrected chi connectivity index (χ0v) is 12.7. The van der Waals surface area contributed by atoms with Gasteiger partial charge in [-0.15, -0.1) is 0 Å². The first-order valence-electron chi connectivity index (χ1n) is 8.25. The molecule has 0 radical (unpaired) electrons. The molecule has 0 spiro atoms. The third-order valence-electron chi connectivity index (χ3n) is 4.70. The lowest BCUT2D eigenvalue weighted by Crippen LogP contribution is -2.29. The molecule has 1 aliphatic carbocycles. The number of anilines is 2. The molecule has 2 fully saturated rings. The Kier molecular flexibility index (Phi) is 3.45. The molecule has 1 N–H and O–H groups in total. The van der Waals surface area contributed by atoms with Gasteiger partial charge < -0.3 is 10.2 Å². The van der Waals surface area contributed by atoms with Crippen LogP contribution in [0.25, 0.3) is 10.8 Å². The molecule has 1 amide bonds. The molecule has 4 rings (SSSR count). The van der Waals surface area contributed by atoms with E-state index in [2.05, 4.69) is 27.3 Å². The molecule has 2 heterocycles. The Balaban J connectivity index is 1.72. The Labute approximate surface area is 130 Å². The van der Waals surface area contributed by atoms with Crippen LogP contribution >= 0.6 is 0 Å². The number of aromatic nitrogens is 1. The van der Waals surface area contributed by atoms with Crippen molar-refractivity contribution in [1.82, 2.24) is 4.98 Å². The predicted molar refractivity (Wildman–Crippen MR) is 89.2 cm³/mol. The van der Waals surface area contributed by atoms with Crippen LogP contribution < -0.4 is 10.2 Å². The summed E-state index contributed by atoms with van der Waals surface area (Å²) >= 11 is 0. The van der Waals surface area contributed by atoms with Crippen LogP contribution in [-0.4, -0.2) is 24.0 Å². The van der Waals surface area contributed by atoms with Crippen molar-refractivity contribution in [3.8, 4) is 0 Å². The number of rotatable bonds is 3. The van der Waals surface area contributed by atoms with Gasteiger partial charge in [-0.25, -0.2) is 0 Å². The Morgan fingerprint density at radius 3 is 2.68 bits per heavy atom. The van der Waals surface area contributed by atoms with Gasteiger partial charge in [0.25, 0.3) is 0 Å². The number of carbonyl (C=O) groups is 1. The van der Waals surface area contributed by atoms with Crippen molar-refractivity contribution in [2.24, 2.45) is 5.92 Å². The summed E-state index contributed by atoms with van der Waals surface area (Å²) in [5, 5.41) is 5.31. The van der Waals surface area contributed by atoms with Gasteiger partial charge in [-0.2, -0.15) is 0 Å². The third kappa shape index (κ3) is 2.54. The van der Waals surface area contributed by atoms with Crippen LogP contribution in [-0.2, 0) is 4.79 Å². The van der Waals surface area contributed by atoms with Crippen molar-refractivity contribution in [2.75, 3.05) is 23.3 Å². The standard InChI is InChI=1S/C18H21N3O/c22-18(13-4-5-13)20-16-6-7-17(21-10-2-1-3-11-21)14-8-9-19-12-15(14)16/h6-9,12-13H,1-5,10-11H2,(H,20,22). The second-order valence-corrected chi connectivity index (χ2v) is 6.36. The average molecular weight is 295 g/mol. The maximum absolute atomic E-state index is 12.1. The van der Waals surface area contributed by atoms with Crippen LogP contribution in [0.5, 0.6) is 0 Å². The van der Waals surface area contributed by atoms with Gasteiger partial charge in [-0.1, -0.05) is 0 Å². The molecule has 1 aliphatic heterocycles. The van der Waals surface area contributed by atoms with E-state index in [9.17, 15) is 4.79 Å². The number of nitrogens with one attached hydrogen (secondary N) is 1. The quantitative estimate of drug-likeness (QED) is 0.941. The number of hydrogen-bond donors (Lipinski definition) is 1. The lowest BCUT2D eigenvalue weighted by atomic mass is 10.0. The maximum atomic E-state index is 12.1. The Morgan fingerprint density at radius 2 is 1.91 bits per heavy atom. The Morgan fingerprint density at radius 1 is 1.09 bits per heavy atom. The summed E-state index contributed by atoms with van der Waals surface area (Å²) < 4.78 is 0. The second kappa shape index (κ2) is 5.59. The van der Waals surface area contributed by atoms with Crippen molar-refractivity contribution in [1.29, 1.82) is 0 Å². The minimum Gasteiger partial charge on any atom is -0.371 e. The summed E-state index contributed by atoms with van der Waals surface area (Å²) in [6.07, 6.45) is 9.58. The number of pyridine rings is 1. The normalized spacial score (nSPS) is 18.5. The fourth-order valence-corrected chi connectivity index (χ4v) is 3.27. The first-order valence-corrected chi connectivity index (χ1v) is 8.25. The Hall–Kier alpha value is -2.10. The molecule has 114 valence electrons. The number of hydrogen-bond acceptors (Lipinski definition) is 3. The van der Waals surface area contributed by atoms with Crippen molar-refractivity contribution in [2.45, 2.75) is 32.1 Å². The minimum absolute atomic E-state index is 0.149. The van der Waals surface area contributed by atoms with Gasteiger partial charge in [0.2, 0.25) is 5.91 Å². The molecule has 1 aromatic carbocycles. The molecule has 4 heteroatoms. The van der Waals surface area contributed by atoms with Crippen LogP contribution in [0.2, 0.25) is 0 Å². The van der Waals surface area contributed by atoms with Gasteiger partial charge >= 0.3 is 0 Å². The fourth-order valence-electron chi connectivity index (χ4n) is 3.27. The van der Waals surface area contributed by atoms with Crippen molar-refractivity contribution in [3.05, 3.63) is 30.6 Å². The number of carbonyl (C=O) groups excluding carboxylic acids is 1. The highest BCUT2D eigenvalue weighted by molar-refractivity contribution is 6.07. The predicted octanol–water partition coefficient (Wildman–Crippen LogP) is 3.57. The monoisotopic (exact) mass is 295 g/mol. The first kappa shape index (κ1) is 13.6. The van der Waals surface area contributed by atoms with E-state index in [1.165, 1.54) is 30.3 Å². The van der Waals surface area contributed by atoms with E-state index in [1.54, 1.807) is 0 Å². The molecule has 2 aromatic rings. The van der Waals surface area contributed by atoms with Gasteiger partial charge in [0, 0.05) is 47.9 Å². The van der Waals surface area contributed by atoms with Crippen LogP contribution in [0.4, 0.5) is 11.4 Å². The zero-order chi connectivity index (χ0) is 14.9. The highest BCUT2D eigenvalue weighted by Gasteiger charge is 2.30. The van der Waals surface area contributed by atoms with E-state index in [1.807, 2.05) is 18.5 Å². The summed E-state index contributed by atoms with van der Waals surface area (Å²) in [5.74, 6) is 0.365. The highest BCUT2D eigenvalue weighted by Crippen LogP contribution is 2.35. The maximum Gasteiger partial charge on any atom is 0.227 e. The number of amides is 1. The van der Waals surface area contributed by atoms with Crippen LogP contribution in [0.3, 0.4) is 0 Å². The number of fused-ring (bicyclic) bond motifs is 1. The molecular weight excluding hydrogens is 274 g/mol. The lowest BCUT2D eigenvalue weighted by molar-refractivity contribution is -0.117. The van der Waals surface area contributed by atoms with Gasteiger partial charge in [0.1, 0.15) is 0 Å². The third-order valence-corrected chi connectivity index (χ3v) is 4.70. The van der Waals surface area contributed by atoms with Gasteiger partial charge in [0.05, 0.1) is 5.69 Å². The molecule has 0 bridgehead atoms. The van der Waals surface area contributed by atoms with Crippen LogP contribution in [0.15, 0.2) is 30.6 Å². The largest absolute Gasteiger partial charge is 0.371 e. The molecule has 0 atom stereocenters. The van der Waals surface area contributed by atoms with E-state index in [0.29, 0.717) is 0 Å². The molecule has 4 nitrogen and oxygen atoms in total. The van der Waals surface area contributed by atoms with Crippen molar-refractivity contribution >= 4 is 28.1 Å². The summed E-state index contributed by atoms with van der Waals surface area (Å²) in [6.45, 7) is 2.23. The van der Waals surface area contributed by atoms with E-state index in [0.717, 1.165) is 37.0 Å². The molecule has 22 heavy (non-hydrogen) atoms. The Bertz CT molecular complexity index is 703. The summed E-state index contributed by atoms with van der Waals surface area (Å²) in [5.41, 5.74) is 2.15. The molecular formula is C18H21N3O. The van der Waals surface area contributed by atoms with E-state index in [4.69, 9.17) is 0 Å². The first-order chi connectivity index (χ1) is 10.8. The fraction of sp³-hybridized carbons (Fsp3) is 0.444. The lowest BCUT2D eigenvalue weighted by Gasteiger charge is -2.30. The smallest absolute Gasteiger partial charge is 0.227 e. The molecule has 0 unspecified atom stereocenters. The van der Waals surface area contributed by atoms with Gasteiger partial charge in [-0.3, -0.25) is 9.78 Å². The summed E-state index contributed by atoms with van der Waals surface area (Å²) in [6, 6.07) is 6.25. The van der Waals surface area contributed by atoms with E-state index < -0.39 is 0 Å². The summed E-state index contributed by atoms with van der Waals surface area (Å²) in [7, 11) is 0. The molecule has 1 saturated heterocycles. The molecule has 1 aromatic heterocycles. The highest BCUT2D eigenvalue weighted by atomic mass is 16.2. The molecule has 2 aliphatic rings. The SMILES string of the molecule is O=C(Nc1ccc(N2CCCCC2)c2ccncc12)C1CC1. The van der Waals surface area contributed by atoms with Crippen LogP contribution in [0.1, 0.15) is 32.1 Å². The number of nitrogens with zero attached hydrogens (tertiary/aromatic N) is 2. The second-order valence-electron chi connectivity index (χ2n) is 6.36. The minimum atomic E-state index is 0.149. The van der Waals surface area contributed by atoms with Crippen molar-refractivity contribution in [3.63, 3.8) is 0 Å². The summed E-state index contributed by atoms with van der Waals surface area (Å²) in [4.78, 5) is 18.8. The van der Waals surface area contributed by atoms with E-state index in [-0.39, 0.29) is 11.8 Å².